The molecule has 2 aromatic rings. The molecule has 0 spiro atoms. The summed E-state index contributed by atoms with van der Waals surface area (Å²) in [5, 5.41) is 5.83. The highest BCUT2D eigenvalue weighted by Gasteiger charge is 2.23. The number of fused-ring (bicyclic) bond motifs is 1. The molecular formula is C14H14FN3O2. The Morgan fingerprint density at radius 2 is 2.20 bits per heavy atom. The summed E-state index contributed by atoms with van der Waals surface area (Å²) in [7, 11) is 1.41. The number of ether oxygens (including phenoxy) is 1. The maximum absolute atomic E-state index is 13.6. The molecular weight excluding hydrogens is 261 g/mol. The fraction of sp³-hybridized carbons (Fsp3) is 0.214. The molecule has 1 aromatic carbocycles. The van der Waals surface area contributed by atoms with Crippen molar-refractivity contribution < 1.29 is 13.9 Å². The van der Waals surface area contributed by atoms with Gasteiger partial charge < -0.3 is 20.4 Å². The lowest BCUT2D eigenvalue weighted by molar-refractivity contribution is 0.0947. The predicted molar refractivity (Wildman–Crippen MR) is 73.1 cm³/mol. The molecule has 0 saturated carbocycles. The van der Waals surface area contributed by atoms with Gasteiger partial charge in [-0.15, -0.1) is 0 Å². The Balaban J connectivity index is 1.99. The van der Waals surface area contributed by atoms with E-state index in [9.17, 15) is 9.18 Å². The Morgan fingerprint density at radius 1 is 1.35 bits per heavy atom. The van der Waals surface area contributed by atoms with Gasteiger partial charge in [-0.05, 0) is 12.1 Å². The van der Waals surface area contributed by atoms with Gasteiger partial charge in [0.1, 0.15) is 0 Å². The molecule has 0 bridgehead atoms. The van der Waals surface area contributed by atoms with Crippen molar-refractivity contribution in [3.63, 3.8) is 0 Å². The van der Waals surface area contributed by atoms with E-state index in [-0.39, 0.29) is 11.7 Å². The third kappa shape index (κ3) is 1.99. The van der Waals surface area contributed by atoms with Gasteiger partial charge in [0.2, 0.25) is 0 Å². The van der Waals surface area contributed by atoms with Gasteiger partial charge in [-0.1, -0.05) is 6.07 Å². The highest BCUT2D eigenvalue weighted by atomic mass is 19.1. The number of H-pyrrole nitrogens is 1. The summed E-state index contributed by atoms with van der Waals surface area (Å²) in [6.45, 7) is 0.620. The zero-order valence-corrected chi connectivity index (χ0v) is 10.9. The van der Waals surface area contributed by atoms with Crippen LogP contribution in [0, 0.1) is 5.82 Å². The summed E-state index contributed by atoms with van der Waals surface area (Å²) in [4.78, 5) is 15.0. The number of amides is 1. The number of rotatable bonds is 3. The Labute approximate surface area is 115 Å². The second-order valence-corrected chi connectivity index (χ2v) is 4.51. The van der Waals surface area contributed by atoms with Crippen LogP contribution < -0.4 is 15.4 Å². The van der Waals surface area contributed by atoms with E-state index >= 15 is 0 Å². The first-order chi connectivity index (χ1) is 9.70. The normalized spacial score (nSPS) is 13.6. The third-order valence-corrected chi connectivity index (χ3v) is 3.29. The minimum Gasteiger partial charge on any atom is -0.492 e. The van der Waals surface area contributed by atoms with Crippen molar-refractivity contribution in [1.29, 1.82) is 0 Å². The molecule has 2 heterocycles. The van der Waals surface area contributed by atoms with E-state index < -0.39 is 5.82 Å². The Morgan fingerprint density at radius 3 is 3.00 bits per heavy atom. The highest BCUT2D eigenvalue weighted by Crippen LogP contribution is 2.32. The molecule has 1 aromatic heterocycles. The van der Waals surface area contributed by atoms with Crippen LogP contribution >= 0.6 is 0 Å². The summed E-state index contributed by atoms with van der Waals surface area (Å²) >= 11 is 0. The smallest absolute Gasteiger partial charge is 0.255 e. The molecule has 3 rings (SSSR count). The van der Waals surface area contributed by atoms with Crippen molar-refractivity contribution in [2.45, 2.75) is 6.42 Å². The van der Waals surface area contributed by atoms with Crippen LogP contribution in [0.25, 0.3) is 0 Å². The molecule has 104 valence electrons. The van der Waals surface area contributed by atoms with Gasteiger partial charge >= 0.3 is 0 Å². The maximum Gasteiger partial charge on any atom is 0.255 e. The maximum atomic E-state index is 13.6. The van der Waals surface area contributed by atoms with Crippen LogP contribution in [-0.4, -0.2) is 24.5 Å². The van der Waals surface area contributed by atoms with Crippen molar-refractivity contribution in [3.8, 4) is 5.75 Å². The largest absolute Gasteiger partial charge is 0.492 e. The van der Waals surface area contributed by atoms with E-state index in [4.69, 9.17) is 4.74 Å². The summed E-state index contributed by atoms with van der Waals surface area (Å²) in [5.74, 6) is -0.463. The Hall–Kier alpha value is -2.50. The molecule has 20 heavy (non-hydrogen) atoms. The molecule has 0 radical (unpaired) electrons. The van der Waals surface area contributed by atoms with Gasteiger partial charge in [0.15, 0.2) is 11.6 Å². The fourth-order valence-electron chi connectivity index (χ4n) is 2.37. The summed E-state index contributed by atoms with van der Waals surface area (Å²) in [6.07, 6.45) is 2.46. The molecule has 3 N–H and O–H groups in total. The first-order valence-electron chi connectivity index (χ1n) is 6.28. The van der Waals surface area contributed by atoms with E-state index in [1.165, 1.54) is 13.2 Å². The molecule has 0 atom stereocenters. The van der Waals surface area contributed by atoms with E-state index in [0.29, 0.717) is 23.5 Å². The predicted octanol–water partition coefficient (Wildman–Crippen LogP) is 2.19. The number of aromatic amines is 1. The summed E-state index contributed by atoms with van der Waals surface area (Å²) in [6, 6.07) is 4.60. The standard InChI is InChI=1S/C14H14FN3O2/c1-20-13-8(15)3-2-4-10(13)18-11-7-17-9-5-6-16-14(19)12(9)11/h2-4,7,17-18H,5-6H2,1H3,(H,16,19). The number of aromatic nitrogens is 1. The van der Waals surface area contributed by atoms with E-state index in [2.05, 4.69) is 15.6 Å². The first kappa shape index (κ1) is 12.5. The van der Waals surface area contributed by atoms with E-state index in [0.717, 1.165) is 12.1 Å². The van der Waals surface area contributed by atoms with Gasteiger partial charge in [-0.25, -0.2) is 4.39 Å². The van der Waals surface area contributed by atoms with Gasteiger partial charge in [0, 0.05) is 24.9 Å². The van der Waals surface area contributed by atoms with Crippen LogP contribution in [-0.2, 0) is 6.42 Å². The lowest BCUT2D eigenvalue weighted by Gasteiger charge is -2.15. The number of para-hydroxylation sites is 1. The van der Waals surface area contributed by atoms with Crippen LogP contribution in [0.2, 0.25) is 0 Å². The zero-order valence-electron chi connectivity index (χ0n) is 10.9. The molecule has 0 saturated heterocycles. The molecule has 1 amide bonds. The number of methoxy groups -OCH3 is 1. The van der Waals surface area contributed by atoms with Crippen molar-refractivity contribution in [2.75, 3.05) is 19.0 Å². The van der Waals surface area contributed by atoms with Crippen molar-refractivity contribution >= 4 is 17.3 Å². The van der Waals surface area contributed by atoms with Gasteiger partial charge in [0.25, 0.3) is 5.91 Å². The van der Waals surface area contributed by atoms with Gasteiger partial charge in [-0.2, -0.15) is 0 Å². The highest BCUT2D eigenvalue weighted by molar-refractivity contribution is 6.02. The number of hydrogen-bond donors (Lipinski definition) is 3. The van der Waals surface area contributed by atoms with E-state index in [1.807, 2.05) is 0 Å². The number of carbonyl (C=O) groups excluding carboxylic acids is 1. The summed E-state index contributed by atoms with van der Waals surface area (Å²) < 4.78 is 18.7. The molecule has 1 aliphatic heterocycles. The van der Waals surface area contributed by atoms with Crippen LogP contribution in [0.1, 0.15) is 16.1 Å². The van der Waals surface area contributed by atoms with Crippen LogP contribution in [0.5, 0.6) is 5.75 Å². The molecule has 0 fully saturated rings. The number of nitrogens with one attached hydrogen (secondary N) is 3. The second-order valence-electron chi connectivity index (χ2n) is 4.51. The molecule has 1 aliphatic rings. The molecule has 0 unspecified atom stereocenters. The number of benzene rings is 1. The van der Waals surface area contributed by atoms with Crippen molar-refractivity contribution in [3.05, 3.63) is 41.5 Å². The third-order valence-electron chi connectivity index (χ3n) is 3.29. The minimum atomic E-state index is -0.452. The van der Waals surface area contributed by atoms with Crippen LogP contribution in [0.3, 0.4) is 0 Å². The fourth-order valence-corrected chi connectivity index (χ4v) is 2.37. The lowest BCUT2D eigenvalue weighted by atomic mass is 10.1. The second kappa shape index (κ2) is 4.88. The molecule has 0 aliphatic carbocycles. The zero-order chi connectivity index (χ0) is 14.1. The monoisotopic (exact) mass is 275 g/mol. The molecule has 6 heteroatoms. The topological polar surface area (TPSA) is 66.1 Å². The van der Waals surface area contributed by atoms with Gasteiger partial charge in [-0.3, -0.25) is 4.79 Å². The average Bonchev–Trinajstić information content (AvgIpc) is 2.84. The van der Waals surface area contributed by atoms with Crippen LogP contribution in [0.15, 0.2) is 24.4 Å². The molecule has 5 nitrogen and oxygen atoms in total. The quantitative estimate of drug-likeness (QED) is 0.804. The number of anilines is 2. The minimum absolute atomic E-state index is 0.124. The number of carbonyl (C=O) groups is 1. The number of halogens is 1. The first-order valence-corrected chi connectivity index (χ1v) is 6.28. The van der Waals surface area contributed by atoms with E-state index in [1.54, 1.807) is 18.3 Å². The SMILES string of the molecule is COc1c(F)cccc1Nc1c[nH]c2c1C(=O)NCC2. The summed E-state index contributed by atoms with van der Waals surface area (Å²) in [5.41, 5.74) is 2.54. The van der Waals surface area contributed by atoms with Crippen molar-refractivity contribution in [2.24, 2.45) is 0 Å². The Bertz CT molecular complexity index is 666. The van der Waals surface area contributed by atoms with Crippen LogP contribution in [0.4, 0.5) is 15.8 Å². The Kier molecular flexibility index (Phi) is 3.06. The number of hydrogen-bond acceptors (Lipinski definition) is 3. The average molecular weight is 275 g/mol. The lowest BCUT2D eigenvalue weighted by Crippen LogP contribution is -2.31. The van der Waals surface area contributed by atoms with Crippen molar-refractivity contribution in [1.82, 2.24) is 10.3 Å². The van der Waals surface area contributed by atoms with Gasteiger partial charge in [0.05, 0.1) is 24.0 Å².